The highest BCUT2D eigenvalue weighted by molar-refractivity contribution is 5.91. The number of hydrogen-bond donors (Lipinski definition) is 1. The third-order valence-corrected chi connectivity index (χ3v) is 3.76. The molecular weight excluding hydrogens is 284 g/mol. The molecule has 118 valence electrons. The van der Waals surface area contributed by atoms with Crippen LogP contribution in [0.1, 0.15) is 53.6 Å². The van der Waals surface area contributed by atoms with Gasteiger partial charge in [-0.1, -0.05) is 19.0 Å². The number of aryl methyl sites for hydroxylation is 1. The summed E-state index contributed by atoms with van der Waals surface area (Å²) in [5.74, 6) is 1.04. The largest absolute Gasteiger partial charge is 0.377 e. The number of amides is 1. The number of aromatic nitrogens is 3. The second-order valence-corrected chi connectivity index (χ2v) is 5.81. The first-order valence-electron chi connectivity index (χ1n) is 7.43. The zero-order chi connectivity index (χ0) is 15.7. The zero-order valence-corrected chi connectivity index (χ0v) is 13.0. The summed E-state index contributed by atoms with van der Waals surface area (Å²) in [5, 5.41) is 3.96. The van der Waals surface area contributed by atoms with E-state index >= 15 is 0 Å². The maximum atomic E-state index is 12.7. The number of morpholine rings is 1. The molecule has 1 fully saturated rings. The maximum absolute atomic E-state index is 12.7. The molecule has 7 nitrogen and oxygen atoms in total. The molecule has 7 heteroatoms. The summed E-state index contributed by atoms with van der Waals surface area (Å²) >= 11 is 0. The van der Waals surface area contributed by atoms with Gasteiger partial charge in [0.2, 0.25) is 5.76 Å². The highest BCUT2D eigenvalue weighted by atomic mass is 16.5. The molecule has 0 aromatic carbocycles. The summed E-state index contributed by atoms with van der Waals surface area (Å²) < 4.78 is 10.7. The van der Waals surface area contributed by atoms with Crippen molar-refractivity contribution in [3.63, 3.8) is 0 Å². The molecule has 2 aromatic rings. The van der Waals surface area contributed by atoms with Gasteiger partial charge in [-0.05, 0) is 12.8 Å². The predicted octanol–water partition coefficient (Wildman–Crippen LogP) is 2.04. The fourth-order valence-electron chi connectivity index (χ4n) is 2.48. The number of nitrogens with zero attached hydrogens (tertiary/aromatic N) is 3. The molecule has 1 atom stereocenters. The van der Waals surface area contributed by atoms with E-state index in [1.165, 1.54) is 0 Å². The summed E-state index contributed by atoms with van der Waals surface area (Å²) in [7, 11) is 0. The minimum absolute atomic E-state index is 0.179. The molecule has 1 amide bonds. The SMILES string of the molecule is Cc1cnc([C@H]2COCCN2C(=O)c2cc(C(C)C)no2)[nH]1. The van der Waals surface area contributed by atoms with E-state index in [9.17, 15) is 4.79 Å². The van der Waals surface area contributed by atoms with Crippen molar-refractivity contribution in [3.8, 4) is 0 Å². The average molecular weight is 304 g/mol. The second kappa shape index (κ2) is 5.92. The lowest BCUT2D eigenvalue weighted by atomic mass is 10.1. The van der Waals surface area contributed by atoms with Gasteiger partial charge in [0, 0.05) is 24.5 Å². The number of hydrogen-bond acceptors (Lipinski definition) is 5. The Morgan fingerprint density at radius 3 is 2.95 bits per heavy atom. The van der Waals surface area contributed by atoms with Crippen molar-refractivity contribution < 1.29 is 14.1 Å². The van der Waals surface area contributed by atoms with Gasteiger partial charge in [0.15, 0.2) is 0 Å². The van der Waals surface area contributed by atoms with Crippen molar-refractivity contribution in [2.24, 2.45) is 0 Å². The molecule has 0 bridgehead atoms. The monoisotopic (exact) mass is 304 g/mol. The van der Waals surface area contributed by atoms with Gasteiger partial charge >= 0.3 is 0 Å². The normalized spacial score (nSPS) is 18.9. The van der Waals surface area contributed by atoms with E-state index in [-0.39, 0.29) is 23.6 Å². The van der Waals surface area contributed by atoms with E-state index in [0.29, 0.717) is 19.8 Å². The predicted molar refractivity (Wildman–Crippen MR) is 78.5 cm³/mol. The first-order valence-corrected chi connectivity index (χ1v) is 7.43. The lowest BCUT2D eigenvalue weighted by molar-refractivity contribution is -0.00692. The number of nitrogens with one attached hydrogen (secondary N) is 1. The van der Waals surface area contributed by atoms with E-state index < -0.39 is 0 Å². The smallest absolute Gasteiger partial charge is 0.293 e. The molecule has 0 radical (unpaired) electrons. The van der Waals surface area contributed by atoms with Crippen LogP contribution in [0.3, 0.4) is 0 Å². The van der Waals surface area contributed by atoms with Gasteiger partial charge in [-0.2, -0.15) is 0 Å². The van der Waals surface area contributed by atoms with Crippen LogP contribution in [0.2, 0.25) is 0 Å². The Kier molecular flexibility index (Phi) is 3.98. The van der Waals surface area contributed by atoms with E-state index in [2.05, 4.69) is 15.1 Å². The van der Waals surface area contributed by atoms with E-state index in [1.807, 2.05) is 20.8 Å². The molecule has 0 aliphatic carbocycles. The van der Waals surface area contributed by atoms with Crippen LogP contribution >= 0.6 is 0 Å². The minimum Gasteiger partial charge on any atom is -0.377 e. The van der Waals surface area contributed by atoms with Crippen LogP contribution in [0.5, 0.6) is 0 Å². The number of carbonyl (C=O) groups is 1. The molecule has 1 aliphatic heterocycles. The molecule has 22 heavy (non-hydrogen) atoms. The standard InChI is InChI=1S/C15H20N4O3/c1-9(2)11-6-13(22-18-11)15(20)19-4-5-21-8-12(19)14-16-7-10(3)17-14/h6-7,9,12H,4-5,8H2,1-3H3,(H,16,17)/t12-/m1/s1. The van der Waals surface area contributed by atoms with Crippen LogP contribution in [0.4, 0.5) is 0 Å². The van der Waals surface area contributed by atoms with Gasteiger partial charge < -0.3 is 19.1 Å². The topological polar surface area (TPSA) is 84.2 Å². The van der Waals surface area contributed by atoms with Crippen LogP contribution in [0.15, 0.2) is 16.8 Å². The fourth-order valence-corrected chi connectivity index (χ4v) is 2.48. The summed E-state index contributed by atoms with van der Waals surface area (Å²) in [5.41, 5.74) is 1.73. The Bertz CT molecular complexity index is 661. The summed E-state index contributed by atoms with van der Waals surface area (Å²) in [6.07, 6.45) is 1.75. The van der Waals surface area contributed by atoms with Crippen LogP contribution in [0, 0.1) is 6.92 Å². The molecule has 3 heterocycles. The summed E-state index contributed by atoms with van der Waals surface area (Å²) in [6.45, 7) is 7.38. The van der Waals surface area contributed by atoms with Gasteiger partial charge in [-0.3, -0.25) is 4.79 Å². The Labute approximate surface area is 128 Å². The minimum atomic E-state index is -0.234. The number of aromatic amines is 1. The molecular formula is C15H20N4O3. The van der Waals surface area contributed by atoms with E-state index in [1.54, 1.807) is 17.2 Å². The average Bonchev–Trinajstić information content (AvgIpc) is 3.15. The Hall–Kier alpha value is -2.15. The van der Waals surface area contributed by atoms with Crippen molar-refractivity contribution in [1.29, 1.82) is 0 Å². The third-order valence-electron chi connectivity index (χ3n) is 3.76. The molecule has 2 aromatic heterocycles. The number of carbonyl (C=O) groups excluding carboxylic acids is 1. The van der Waals surface area contributed by atoms with Crippen LogP contribution < -0.4 is 0 Å². The molecule has 1 saturated heterocycles. The van der Waals surface area contributed by atoms with Gasteiger partial charge in [0.1, 0.15) is 11.9 Å². The lowest BCUT2D eigenvalue weighted by Gasteiger charge is -2.33. The highest BCUT2D eigenvalue weighted by Crippen LogP contribution is 2.25. The number of H-pyrrole nitrogens is 1. The first-order chi connectivity index (χ1) is 10.6. The number of imidazole rings is 1. The number of ether oxygens (including phenoxy) is 1. The van der Waals surface area contributed by atoms with E-state index in [4.69, 9.17) is 9.26 Å². The Morgan fingerprint density at radius 1 is 1.50 bits per heavy atom. The lowest BCUT2D eigenvalue weighted by Crippen LogP contribution is -2.43. The Balaban J connectivity index is 1.84. The second-order valence-electron chi connectivity index (χ2n) is 5.81. The Morgan fingerprint density at radius 2 is 2.32 bits per heavy atom. The van der Waals surface area contributed by atoms with Crippen LogP contribution in [-0.4, -0.2) is 45.7 Å². The molecule has 0 unspecified atom stereocenters. The van der Waals surface area contributed by atoms with Gasteiger partial charge in [0.05, 0.1) is 18.9 Å². The molecule has 0 spiro atoms. The first kappa shape index (κ1) is 14.8. The van der Waals surface area contributed by atoms with E-state index in [0.717, 1.165) is 17.2 Å². The molecule has 3 rings (SSSR count). The zero-order valence-electron chi connectivity index (χ0n) is 13.0. The van der Waals surface area contributed by atoms with Crippen LogP contribution in [0.25, 0.3) is 0 Å². The molecule has 1 N–H and O–H groups in total. The van der Waals surface area contributed by atoms with Crippen molar-refractivity contribution in [2.75, 3.05) is 19.8 Å². The third kappa shape index (κ3) is 2.76. The molecule has 1 aliphatic rings. The quantitative estimate of drug-likeness (QED) is 0.938. The van der Waals surface area contributed by atoms with Gasteiger partial charge in [-0.25, -0.2) is 4.98 Å². The van der Waals surface area contributed by atoms with Crippen LogP contribution in [-0.2, 0) is 4.74 Å². The number of rotatable bonds is 3. The maximum Gasteiger partial charge on any atom is 0.293 e. The molecule has 0 saturated carbocycles. The van der Waals surface area contributed by atoms with Crippen molar-refractivity contribution >= 4 is 5.91 Å². The van der Waals surface area contributed by atoms with Gasteiger partial charge in [0.25, 0.3) is 5.91 Å². The van der Waals surface area contributed by atoms with Crippen molar-refractivity contribution in [2.45, 2.75) is 32.7 Å². The summed E-state index contributed by atoms with van der Waals surface area (Å²) in [4.78, 5) is 21.9. The highest BCUT2D eigenvalue weighted by Gasteiger charge is 2.33. The fraction of sp³-hybridized carbons (Fsp3) is 0.533. The summed E-state index contributed by atoms with van der Waals surface area (Å²) in [6, 6.07) is 1.48. The van der Waals surface area contributed by atoms with Crippen molar-refractivity contribution in [1.82, 2.24) is 20.0 Å². The van der Waals surface area contributed by atoms with Gasteiger partial charge in [-0.15, -0.1) is 0 Å². The van der Waals surface area contributed by atoms with Crippen molar-refractivity contribution in [3.05, 3.63) is 35.2 Å².